The highest BCUT2D eigenvalue weighted by Crippen LogP contribution is 2.40. The Labute approximate surface area is 361 Å². The molecule has 0 aromatic rings. The largest absolute Gasteiger partial charge is 0.456 e. The number of amides is 1. The van der Waals surface area contributed by atoms with Gasteiger partial charge in [-0.25, -0.2) is 4.79 Å². The van der Waals surface area contributed by atoms with Crippen LogP contribution in [0.1, 0.15) is 112 Å². The maximum absolute atomic E-state index is 14.5. The third-order valence-corrected chi connectivity index (χ3v) is 13.7. The Morgan fingerprint density at radius 1 is 1.08 bits per heavy atom. The molecule has 0 spiro atoms. The molecule has 0 aromatic carbocycles. The number of piperidine rings is 1. The number of Topliss-reactive ketones (excluding diaryl/α,β-unsaturated/α-hetero) is 2. The number of esters is 1. The molecule has 15 heteroatoms. The minimum Gasteiger partial charge on any atom is -0.456 e. The van der Waals surface area contributed by atoms with Crippen LogP contribution in [0.4, 0.5) is 0 Å². The Morgan fingerprint density at radius 2 is 1.81 bits per heavy atom. The fraction of sp³-hybridized carbons (Fsp3) is 0.818. The first kappa shape index (κ1) is 44.9. The summed E-state index contributed by atoms with van der Waals surface area (Å²) in [5.41, 5.74) is 1.83. The van der Waals surface area contributed by atoms with Gasteiger partial charge in [0.2, 0.25) is 7.22 Å². The van der Waals surface area contributed by atoms with Crippen LogP contribution in [0.25, 0.3) is 0 Å². The number of fused-ring (bicyclic) bond motifs is 3. The van der Waals surface area contributed by atoms with Gasteiger partial charge in [-0.3, -0.25) is 14.4 Å². The Morgan fingerprint density at radius 3 is 2.47 bits per heavy atom. The molecule has 3 fully saturated rings. The predicted molar refractivity (Wildman–Crippen MR) is 228 cm³/mol. The third kappa shape index (κ3) is 12.5. The average molecular weight is 855 g/mol. The van der Waals surface area contributed by atoms with Gasteiger partial charge in [-0.15, -0.1) is 0 Å². The maximum Gasteiger partial charge on any atom is 0.329 e. The second kappa shape index (κ2) is 22.8. The number of cyclic esters (lactones) is 1. The van der Waals surface area contributed by atoms with E-state index in [4.69, 9.17) is 32.3 Å². The molecule has 3 heterocycles. The van der Waals surface area contributed by atoms with Gasteiger partial charge >= 0.3 is 5.97 Å². The molecule has 8 unspecified atom stereocenters. The average Bonchev–Trinajstić information content (AvgIpc) is 3.23. The topological polar surface area (TPSA) is 178 Å². The third-order valence-electron chi connectivity index (χ3n) is 13.2. The van der Waals surface area contributed by atoms with Gasteiger partial charge in [0, 0.05) is 51.5 Å². The molecule has 1 amide bonds. The van der Waals surface area contributed by atoms with E-state index in [-0.39, 0.29) is 74.1 Å². The second-order valence-corrected chi connectivity index (χ2v) is 18.5. The summed E-state index contributed by atoms with van der Waals surface area (Å²) in [4.78, 5) is 58.4. The zero-order chi connectivity index (χ0) is 45.9. The van der Waals surface area contributed by atoms with Crippen LogP contribution in [0.15, 0.2) is 23.3 Å². The van der Waals surface area contributed by atoms with Crippen molar-refractivity contribution >= 4 is 43.3 Å². The molecule has 0 aromatic heterocycles. The number of aliphatic hydroxyl groups is 3. The van der Waals surface area contributed by atoms with Gasteiger partial charge in [0.25, 0.3) is 11.7 Å². The minimum absolute atomic E-state index is 0.0344. The molecule has 4 aliphatic rings. The first-order valence-electron chi connectivity index (χ1n) is 23.2. The van der Waals surface area contributed by atoms with E-state index in [1.807, 2.05) is 26.8 Å². The Hall–Kier alpha value is -2.11. The molecule has 59 heavy (non-hydrogen) atoms. The van der Waals surface area contributed by atoms with Gasteiger partial charge in [-0.1, -0.05) is 45.4 Å². The summed E-state index contributed by atoms with van der Waals surface area (Å²) < 4.78 is 53.4. The van der Waals surface area contributed by atoms with Crippen LogP contribution in [0.2, 0.25) is 0 Å². The number of hydrogen-bond acceptors (Lipinski definition) is 13. The fourth-order valence-corrected chi connectivity index (χ4v) is 10.2. The lowest BCUT2D eigenvalue weighted by Gasteiger charge is -2.47. The summed E-state index contributed by atoms with van der Waals surface area (Å²) in [6, 6.07) is -1.16. The van der Waals surface area contributed by atoms with E-state index in [2.05, 4.69) is 13.0 Å². The molecule has 334 valence electrons. The molecule has 3 aliphatic heterocycles. The number of ketones is 2. The monoisotopic (exact) mass is 855 g/mol. The summed E-state index contributed by atoms with van der Waals surface area (Å²) >= 11 is 1.15. The van der Waals surface area contributed by atoms with Crippen molar-refractivity contribution in [3.8, 4) is 0 Å². The van der Waals surface area contributed by atoms with Crippen molar-refractivity contribution in [1.82, 2.24) is 4.90 Å². The zero-order valence-electron chi connectivity index (χ0n) is 39.5. The minimum atomic E-state index is -2.53. The first-order valence-corrected chi connectivity index (χ1v) is 22.5. The van der Waals surface area contributed by atoms with Crippen LogP contribution in [0, 0.1) is 35.5 Å². The molecular weight excluding hydrogens is 777 g/mol. The second-order valence-electron chi connectivity index (χ2n) is 17.8. The number of rotatable bonds is 11. The molecule has 4 rings (SSSR count). The van der Waals surface area contributed by atoms with Crippen molar-refractivity contribution in [1.29, 1.82) is 4.10 Å². The number of hydrogen-bond donors (Lipinski definition) is 3. The molecule has 3 N–H and O–H groups in total. The molecule has 2 saturated heterocycles. The van der Waals surface area contributed by atoms with Crippen LogP contribution in [0.5, 0.6) is 0 Å². The van der Waals surface area contributed by atoms with E-state index in [9.17, 15) is 29.4 Å². The number of allylic oxidation sites excluding steroid dienone is 3. The van der Waals surface area contributed by atoms with E-state index in [1.165, 1.54) is 19.1 Å². The van der Waals surface area contributed by atoms with Crippen LogP contribution in [-0.4, -0.2) is 137 Å². The summed E-state index contributed by atoms with van der Waals surface area (Å²) in [7, 11) is 2.05. The standard InChI is InChI=1S/C44H72BNO12S/c1-25-17-26(2)19-37(54-7)40-38(55-8)22-29(5)44(53,57-40)41(50)42(51)46-15-10-9-11-33(46)43(52)56-39(30(6)34(48)23-35(49)32(18-25)14-16-47)28(4)21-31-12-13-36(27(3)20-31)58-59-24-45/h18,21,26-27,29-34,36-40,47-48,53H,9-17,19-20,22-24,45H2,1-8H3/b25-18+,28-21+/t26-,27?,29?,30+,31?,32+,33?,34?,36+,37-,38?,39+,40?,44?/m0/s1/i45TD,48T. The zero-order valence-corrected chi connectivity index (χ0v) is 37.3. The number of aliphatic hydroxyl groups excluding tert-OH is 2. The van der Waals surface area contributed by atoms with Gasteiger partial charge in [0.15, 0.2) is 0 Å². The van der Waals surface area contributed by atoms with Crippen molar-refractivity contribution in [2.75, 3.05) is 33.0 Å². The molecular formula is C44H72BNO12S. The van der Waals surface area contributed by atoms with Gasteiger partial charge < -0.3 is 43.4 Å². The predicted octanol–water partition coefficient (Wildman–Crippen LogP) is 4.33. The number of carbonyl (C=O) groups is 4. The molecule has 13 nitrogen and oxygen atoms in total. The van der Waals surface area contributed by atoms with Crippen molar-refractivity contribution < 1.29 is 57.6 Å². The van der Waals surface area contributed by atoms with E-state index in [1.54, 1.807) is 13.8 Å². The first-order chi connectivity index (χ1) is 29.4. The molecule has 2 bridgehead atoms. The van der Waals surface area contributed by atoms with Crippen LogP contribution < -0.4 is 0 Å². The maximum atomic E-state index is 14.5. The number of nitrogens with zero attached hydrogens (tertiary/aromatic N) is 1. The molecule has 1 aliphatic carbocycles. The van der Waals surface area contributed by atoms with Crippen LogP contribution >= 0.6 is 12.0 Å². The lowest BCUT2D eigenvalue weighted by Crippen LogP contribution is -2.64. The van der Waals surface area contributed by atoms with Gasteiger partial charge in [0.1, 0.15) is 31.8 Å². The van der Waals surface area contributed by atoms with Gasteiger partial charge in [0.05, 0.1) is 24.4 Å². The fourth-order valence-electron chi connectivity index (χ4n) is 9.70. The summed E-state index contributed by atoms with van der Waals surface area (Å²) in [5.74, 6) is -7.78. The van der Waals surface area contributed by atoms with Crippen LogP contribution in [0.3, 0.4) is 0 Å². The summed E-state index contributed by atoms with van der Waals surface area (Å²) in [5, 5.41) is 27.4. The smallest absolute Gasteiger partial charge is 0.329 e. The van der Waals surface area contributed by atoms with E-state index in [0.717, 1.165) is 36.9 Å². The van der Waals surface area contributed by atoms with Crippen molar-refractivity contribution in [2.45, 2.75) is 161 Å². The Bertz CT molecular complexity index is 1580. The number of ether oxygens (including phenoxy) is 4. The van der Waals surface area contributed by atoms with E-state index in [0.29, 0.717) is 31.3 Å². The normalized spacial score (nSPS) is 40.7. The SMILES string of the molecule is [2H]B([3H])CSO[C@@H]1CCC(/C=C(\C)[C@H]2OC(=O)C3CCCCN3C(=O)C(=O)C3(O)OC(C(OC)CC3C)[C@@H](OC)C[C@@H](C)C/C(C)=C/[C@@H](CCO)C(=O)CC(O[3H])[C@H]2C)CC1C. The number of methoxy groups -OCH3 is 2. The van der Waals surface area contributed by atoms with Crippen LogP contribution in [-0.2, 0) is 42.3 Å². The molecule has 0 radical (unpaired) electrons. The summed E-state index contributed by atoms with van der Waals surface area (Å²) in [6.45, 7) is 11.1. The quantitative estimate of drug-likeness (QED) is 0.0881. The highest BCUT2D eigenvalue weighted by atomic mass is 32.2. The molecule has 1 saturated carbocycles. The summed E-state index contributed by atoms with van der Waals surface area (Å²) in [6.07, 6.45) is 4.43. The highest BCUT2D eigenvalue weighted by Gasteiger charge is 2.56. The lowest BCUT2D eigenvalue weighted by molar-refractivity contribution is -0.302. The Balaban J connectivity index is 1.75. The molecule has 14 atom stereocenters. The highest BCUT2D eigenvalue weighted by molar-refractivity contribution is 7.95. The van der Waals surface area contributed by atoms with E-state index >= 15 is 0 Å². The van der Waals surface area contributed by atoms with Crippen molar-refractivity contribution in [3.63, 3.8) is 0 Å². The van der Waals surface area contributed by atoms with Crippen molar-refractivity contribution in [3.05, 3.63) is 23.3 Å². The Kier molecular flexibility index (Phi) is 17.4. The van der Waals surface area contributed by atoms with E-state index < -0.39 is 85.5 Å². The number of carbonyl (C=O) groups excluding carboxylic acids is 4. The lowest BCUT2D eigenvalue weighted by atomic mass is 9.78. The van der Waals surface area contributed by atoms with Gasteiger partial charge in [-0.2, -0.15) is 0 Å². The van der Waals surface area contributed by atoms with Gasteiger partial charge in [-0.05, 0) is 122 Å². The van der Waals surface area contributed by atoms with Crippen molar-refractivity contribution in [2.24, 2.45) is 35.5 Å².